The molecule has 1 aliphatic rings. The molecule has 1 saturated carbocycles. The zero-order chi connectivity index (χ0) is 24.9. The van der Waals surface area contributed by atoms with Crippen LogP contribution in [0.25, 0.3) is 11.0 Å². The van der Waals surface area contributed by atoms with Crippen LogP contribution in [0.3, 0.4) is 0 Å². The van der Waals surface area contributed by atoms with Crippen molar-refractivity contribution in [3.63, 3.8) is 0 Å². The van der Waals surface area contributed by atoms with Crippen LogP contribution in [-0.4, -0.2) is 24.7 Å². The standard InChI is InChI=1S/C23H18F3N7O2/c1-12(13-5-8-18(28-11-13)23(24,25)26)33-21-19(16(10-27)31-33)22(34)30-20(29-21)15-7-6-14(15)17-4-2-3-9-32(17)35/h2-5,8-9,11-12,14-15H,6-7H2,1H3,(H,29,30,34)/t12-,14-,15-/m1/s1. The van der Waals surface area contributed by atoms with Crippen molar-refractivity contribution >= 4 is 11.0 Å². The molecule has 0 amide bonds. The van der Waals surface area contributed by atoms with E-state index < -0.39 is 23.5 Å². The van der Waals surface area contributed by atoms with Crippen LogP contribution in [0.2, 0.25) is 0 Å². The fraction of sp³-hybridized carbons (Fsp3) is 0.304. The van der Waals surface area contributed by atoms with E-state index in [2.05, 4.69) is 20.1 Å². The fourth-order valence-corrected chi connectivity index (χ4v) is 4.46. The zero-order valence-electron chi connectivity index (χ0n) is 18.3. The summed E-state index contributed by atoms with van der Waals surface area (Å²) in [5.74, 6) is 0.00950. The van der Waals surface area contributed by atoms with E-state index in [9.17, 15) is 28.4 Å². The lowest BCUT2D eigenvalue weighted by molar-refractivity contribution is -0.616. The zero-order valence-corrected chi connectivity index (χ0v) is 18.3. The molecule has 4 aromatic rings. The summed E-state index contributed by atoms with van der Waals surface area (Å²) >= 11 is 0. The second kappa shape index (κ2) is 8.19. The highest BCUT2D eigenvalue weighted by atomic mass is 19.4. The lowest BCUT2D eigenvalue weighted by atomic mass is 9.71. The van der Waals surface area contributed by atoms with E-state index in [0.29, 0.717) is 23.5 Å². The van der Waals surface area contributed by atoms with E-state index in [4.69, 9.17) is 0 Å². The summed E-state index contributed by atoms with van der Waals surface area (Å²) in [7, 11) is 0. The third-order valence-corrected chi connectivity index (χ3v) is 6.47. The van der Waals surface area contributed by atoms with Crippen molar-refractivity contribution in [1.82, 2.24) is 24.7 Å². The Hall–Kier alpha value is -4.27. The predicted octanol–water partition coefficient (Wildman–Crippen LogP) is 3.31. The highest BCUT2D eigenvalue weighted by Crippen LogP contribution is 2.47. The molecule has 0 spiro atoms. The molecule has 178 valence electrons. The van der Waals surface area contributed by atoms with Crippen LogP contribution in [0.5, 0.6) is 0 Å². The molecule has 0 aromatic carbocycles. The molecule has 3 atom stereocenters. The van der Waals surface area contributed by atoms with Crippen LogP contribution >= 0.6 is 0 Å². The Labute approximate surface area is 196 Å². The summed E-state index contributed by atoms with van der Waals surface area (Å²) in [5, 5.41) is 26.0. The maximum Gasteiger partial charge on any atom is 0.433 e. The van der Waals surface area contributed by atoms with E-state index in [1.165, 1.54) is 16.9 Å². The first-order chi connectivity index (χ1) is 16.7. The summed E-state index contributed by atoms with van der Waals surface area (Å²) < 4.78 is 40.8. The van der Waals surface area contributed by atoms with E-state index in [1.54, 1.807) is 25.1 Å². The highest BCUT2D eigenvalue weighted by molar-refractivity contribution is 5.80. The Balaban J connectivity index is 1.58. The van der Waals surface area contributed by atoms with Gasteiger partial charge in [0.1, 0.15) is 23.0 Å². The molecule has 4 heterocycles. The first-order valence-corrected chi connectivity index (χ1v) is 10.8. The number of nitrogens with one attached hydrogen (secondary N) is 1. The molecule has 1 aliphatic carbocycles. The van der Waals surface area contributed by atoms with Crippen molar-refractivity contribution in [2.24, 2.45) is 0 Å². The summed E-state index contributed by atoms with van der Waals surface area (Å²) in [4.78, 5) is 23.8. The van der Waals surface area contributed by atoms with Gasteiger partial charge in [-0.25, -0.2) is 9.67 Å². The Kier molecular flexibility index (Phi) is 5.27. The summed E-state index contributed by atoms with van der Waals surface area (Å²) in [6.45, 7) is 1.66. The molecule has 4 aromatic heterocycles. The maximum atomic E-state index is 13.0. The molecular formula is C23H18F3N7O2. The molecule has 12 heteroatoms. The number of halogens is 3. The number of fused-ring (bicyclic) bond motifs is 1. The van der Waals surface area contributed by atoms with Gasteiger partial charge in [-0.15, -0.1) is 0 Å². The van der Waals surface area contributed by atoms with Crippen LogP contribution in [-0.2, 0) is 6.18 Å². The van der Waals surface area contributed by atoms with Crippen molar-refractivity contribution in [3.05, 3.63) is 86.8 Å². The molecule has 0 unspecified atom stereocenters. The first-order valence-electron chi connectivity index (χ1n) is 10.8. The number of nitriles is 1. The van der Waals surface area contributed by atoms with Gasteiger partial charge in [0.05, 0.1) is 12.0 Å². The summed E-state index contributed by atoms with van der Waals surface area (Å²) in [6.07, 6.45) is -0.623. The predicted molar refractivity (Wildman–Crippen MR) is 116 cm³/mol. The number of hydrogen-bond acceptors (Lipinski definition) is 6. The van der Waals surface area contributed by atoms with Gasteiger partial charge in [0.15, 0.2) is 23.2 Å². The van der Waals surface area contributed by atoms with Crippen LogP contribution in [0, 0.1) is 16.5 Å². The lowest BCUT2D eigenvalue weighted by Crippen LogP contribution is -2.38. The minimum absolute atomic E-state index is 0.00237. The Morgan fingerprint density at radius 2 is 2.03 bits per heavy atom. The van der Waals surface area contributed by atoms with Crippen LogP contribution in [0.1, 0.15) is 66.1 Å². The smallest absolute Gasteiger partial charge is 0.433 e. The van der Waals surface area contributed by atoms with Gasteiger partial charge in [0.2, 0.25) is 0 Å². The second-order valence-electron chi connectivity index (χ2n) is 8.45. The molecule has 0 radical (unpaired) electrons. The maximum absolute atomic E-state index is 13.0. The number of aromatic nitrogens is 6. The molecule has 0 bridgehead atoms. The molecule has 0 saturated heterocycles. The average Bonchev–Trinajstić information content (AvgIpc) is 3.18. The molecule has 35 heavy (non-hydrogen) atoms. The third kappa shape index (κ3) is 3.78. The fourth-order valence-electron chi connectivity index (χ4n) is 4.46. The Bertz CT molecular complexity index is 1520. The van der Waals surface area contributed by atoms with Gasteiger partial charge in [-0.3, -0.25) is 9.78 Å². The van der Waals surface area contributed by atoms with Gasteiger partial charge in [0, 0.05) is 24.2 Å². The van der Waals surface area contributed by atoms with Crippen LogP contribution in [0.15, 0.2) is 47.5 Å². The van der Waals surface area contributed by atoms with E-state index in [0.717, 1.165) is 23.4 Å². The van der Waals surface area contributed by atoms with E-state index in [1.807, 2.05) is 6.07 Å². The molecule has 9 nitrogen and oxygen atoms in total. The van der Waals surface area contributed by atoms with Gasteiger partial charge in [-0.1, -0.05) is 12.1 Å². The van der Waals surface area contributed by atoms with Gasteiger partial charge < -0.3 is 10.2 Å². The van der Waals surface area contributed by atoms with Gasteiger partial charge in [-0.05, 0) is 31.4 Å². The van der Waals surface area contributed by atoms with Crippen LogP contribution in [0.4, 0.5) is 13.2 Å². The molecule has 1 fully saturated rings. The van der Waals surface area contributed by atoms with Gasteiger partial charge in [0.25, 0.3) is 5.56 Å². The SMILES string of the molecule is C[C@H](c1ccc(C(F)(F)F)nc1)n1nc(C#N)c2c(=O)[nH]c([C@@H]3CC[C@H]3c3cccc[n+]3[O-])nc21. The number of aromatic amines is 1. The summed E-state index contributed by atoms with van der Waals surface area (Å²) in [5.41, 5.74) is -0.602. The number of hydrogen-bond donors (Lipinski definition) is 1. The van der Waals surface area contributed by atoms with E-state index in [-0.39, 0.29) is 28.6 Å². The van der Waals surface area contributed by atoms with Crippen molar-refractivity contribution in [2.45, 2.75) is 43.8 Å². The number of rotatable bonds is 4. The largest absolute Gasteiger partial charge is 0.618 e. The Morgan fingerprint density at radius 1 is 1.26 bits per heavy atom. The Morgan fingerprint density at radius 3 is 2.63 bits per heavy atom. The number of H-pyrrole nitrogens is 1. The molecular weight excluding hydrogens is 463 g/mol. The van der Waals surface area contributed by atoms with Crippen molar-refractivity contribution in [3.8, 4) is 6.07 Å². The van der Waals surface area contributed by atoms with Gasteiger partial charge >= 0.3 is 6.18 Å². The highest BCUT2D eigenvalue weighted by Gasteiger charge is 2.40. The topological polar surface area (TPSA) is 127 Å². The minimum atomic E-state index is -4.57. The normalized spacial score (nSPS) is 18.7. The summed E-state index contributed by atoms with van der Waals surface area (Å²) in [6, 6.07) is 8.51. The van der Waals surface area contributed by atoms with Crippen molar-refractivity contribution in [2.75, 3.05) is 0 Å². The van der Waals surface area contributed by atoms with Crippen molar-refractivity contribution in [1.29, 1.82) is 5.26 Å². The molecule has 0 aliphatic heterocycles. The first kappa shape index (κ1) is 22.5. The second-order valence-corrected chi connectivity index (χ2v) is 8.45. The number of alkyl halides is 3. The average molecular weight is 481 g/mol. The van der Waals surface area contributed by atoms with E-state index >= 15 is 0 Å². The molecule has 5 rings (SSSR count). The monoisotopic (exact) mass is 481 g/mol. The third-order valence-electron chi connectivity index (χ3n) is 6.47. The lowest BCUT2D eigenvalue weighted by Gasteiger charge is -2.34. The van der Waals surface area contributed by atoms with Gasteiger partial charge in [-0.2, -0.15) is 28.3 Å². The number of pyridine rings is 2. The molecule has 1 N–H and O–H groups in total. The number of nitrogens with zero attached hydrogens (tertiary/aromatic N) is 6. The quantitative estimate of drug-likeness (QED) is 0.352. The minimum Gasteiger partial charge on any atom is -0.618 e. The van der Waals surface area contributed by atoms with Crippen LogP contribution < -0.4 is 10.3 Å². The van der Waals surface area contributed by atoms with Crippen molar-refractivity contribution < 1.29 is 17.9 Å².